The summed E-state index contributed by atoms with van der Waals surface area (Å²) < 4.78 is 7.16. The van der Waals surface area contributed by atoms with E-state index in [4.69, 9.17) is 27.9 Å². The zero-order chi connectivity index (χ0) is 20.3. The number of hydrogen-bond acceptors (Lipinski definition) is 6. The van der Waals surface area contributed by atoms with Crippen molar-refractivity contribution in [1.29, 1.82) is 0 Å². The van der Waals surface area contributed by atoms with Gasteiger partial charge in [-0.15, -0.1) is 23.7 Å². The van der Waals surface area contributed by atoms with Crippen LogP contribution in [-0.4, -0.2) is 49.1 Å². The molecule has 0 bridgehead atoms. The number of fused-ring (bicyclic) bond motifs is 1. The normalized spacial score (nSPS) is 11.0. The van der Waals surface area contributed by atoms with Gasteiger partial charge in [0.15, 0.2) is 5.13 Å². The highest BCUT2D eigenvalue weighted by atomic mass is 35.5. The van der Waals surface area contributed by atoms with Crippen LogP contribution >= 0.6 is 58.3 Å². The van der Waals surface area contributed by atoms with Crippen LogP contribution in [0.2, 0.25) is 8.67 Å². The van der Waals surface area contributed by atoms with Crippen molar-refractivity contribution in [2.24, 2.45) is 0 Å². The summed E-state index contributed by atoms with van der Waals surface area (Å²) in [4.78, 5) is 21.9. The number of thiophene rings is 1. The van der Waals surface area contributed by atoms with E-state index in [1.807, 2.05) is 18.2 Å². The second-order valence-corrected chi connectivity index (χ2v) is 9.35. The molecule has 0 saturated heterocycles. The van der Waals surface area contributed by atoms with Crippen molar-refractivity contribution in [3.05, 3.63) is 38.5 Å². The first kappa shape index (κ1) is 24.2. The third-order valence-corrected chi connectivity index (χ3v) is 7.03. The largest absolute Gasteiger partial charge is 0.497 e. The maximum atomic E-state index is 13.3. The summed E-state index contributed by atoms with van der Waals surface area (Å²) in [5.41, 5.74) is 1.21. The van der Waals surface area contributed by atoms with Crippen LogP contribution in [-0.2, 0) is 0 Å². The maximum absolute atomic E-state index is 13.3. The molecular weight excluding hydrogens is 473 g/mol. The van der Waals surface area contributed by atoms with E-state index in [2.05, 4.69) is 23.7 Å². The molecule has 0 unspecified atom stereocenters. The number of amides is 1. The monoisotopic (exact) mass is 493 g/mol. The molecule has 158 valence electrons. The number of anilines is 1. The minimum atomic E-state index is -0.189. The molecule has 29 heavy (non-hydrogen) atoms. The first-order valence-corrected chi connectivity index (χ1v) is 11.3. The summed E-state index contributed by atoms with van der Waals surface area (Å²) in [7, 11) is 1.62. The van der Waals surface area contributed by atoms with Crippen molar-refractivity contribution in [2.45, 2.75) is 13.8 Å². The lowest BCUT2D eigenvalue weighted by Crippen LogP contribution is -2.38. The number of aromatic nitrogens is 1. The van der Waals surface area contributed by atoms with Gasteiger partial charge in [0.25, 0.3) is 5.91 Å². The fraction of sp³-hybridized carbons (Fsp3) is 0.368. The first-order chi connectivity index (χ1) is 13.5. The Bertz CT molecular complexity index is 973. The number of carbonyl (C=O) groups is 1. The van der Waals surface area contributed by atoms with Gasteiger partial charge < -0.3 is 9.64 Å². The van der Waals surface area contributed by atoms with Crippen molar-refractivity contribution in [3.63, 3.8) is 0 Å². The minimum absolute atomic E-state index is 0. The highest BCUT2D eigenvalue weighted by Gasteiger charge is 2.25. The van der Waals surface area contributed by atoms with Crippen LogP contribution in [0.4, 0.5) is 5.13 Å². The second-order valence-electron chi connectivity index (χ2n) is 6.05. The number of carbonyl (C=O) groups excluding carboxylic acids is 1. The van der Waals surface area contributed by atoms with E-state index in [0.717, 1.165) is 35.6 Å². The average molecular weight is 495 g/mol. The van der Waals surface area contributed by atoms with Crippen molar-refractivity contribution in [1.82, 2.24) is 9.88 Å². The molecule has 5 nitrogen and oxygen atoms in total. The molecule has 0 saturated carbocycles. The molecule has 0 aliphatic carbocycles. The van der Waals surface area contributed by atoms with Crippen LogP contribution in [0.5, 0.6) is 5.75 Å². The summed E-state index contributed by atoms with van der Waals surface area (Å²) in [5, 5.41) is 0.638. The lowest BCUT2D eigenvalue weighted by atomic mass is 10.3. The molecule has 0 fully saturated rings. The molecule has 2 heterocycles. The summed E-state index contributed by atoms with van der Waals surface area (Å²) in [5.74, 6) is 0.546. The first-order valence-electron chi connectivity index (χ1n) is 8.90. The van der Waals surface area contributed by atoms with Crippen molar-refractivity contribution >= 4 is 79.5 Å². The molecule has 0 atom stereocenters. The highest BCUT2D eigenvalue weighted by Crippen LogP contribution is 2.35. The molecule has 2 aromatic heterocycles. The zero-order valence-corrected chi connectivity index (χ0v) is 20.2. The molecule has 0 spiro atoms. The number of nitrogens with zero attached hydrogens (tertiary/aromatic N) is 3. The minimum Gasteiger partial charge on any atom is -0.497 e. The molecule has 10 heteroatoms. The van der Waals surface area contributed by atoms with E-state index in [0.29, 0.717) is 25.9 Å². The Morgan fingerprint density at radius 3 is 2.45 bits per heavy atom. The van der Waals surface area contributed by atoms with Gasteiger partial charge in [-0.1, -0.05) is 48.4 Å². The fourth-order valence-corrected chi connectivity index (χ4v) is 5.25. The average Bonchev–Trinajstić information content (AvgIpc) is 3.26. The number of halogens is 3. The topological polar surface area (TPSA) is 45.7 Å². The summed E-state index contributed by atoms with van der Waals surface area (Å²) in [6.45, 7) is 7.31. The Morgan fingerprint density at radius 2 is 1.86 bits per heavy atom. The van der Waals surface area contributed by atoms with Crippen molar-refractivity contribution in [3.8, 4) is 5.75 Å². The van der Waals surface area contributed by atoms with Crippen LogP contribution in [0.25, 0.3) is 10.2 Å². The van der Waals surface area contributed by atoms with Crippen LogP contribution in [0.15, 0.2) is 24.3 Å². The molecule has 0 N–H and O–H groups in total. The number of ether oxygens (including phenoxy) is 1. The molecular formula is C19H22Cl3N3O2S2. The lowest BCUT2D eigenvalue weighted by molar-refractivity contribution is 0.0984. The van der Waals surface area contributed by atoms with E-state index in [1.54, 1.807) is 18.1 Å². The van der Waals surface area contributed by atoms with Crippen LogP contribution in [0.3, 0.4) is 0 Å². The molecule has 1 aromatic carbocycles. The molecule has 0 aliphatic heterocycles. The van der Waals surface area contributed by atoms with Crippen LogP contribution < -0.4 is 9.64 Å². The van der Waals surface area contributed by atoms with E-state index >= 15 is 0 Å². The van der Waals surface area contributed by atoms with Crippen LogP contribution in [0.1, 0.15) is 24.2 Å². The Hall–Kier alpha value is -1.09. The van der Waals surface area contributed by atoms with E-state index in [9.17, 15) is 4.79 Å². The van der Waals surface area contributed by atoms with Gasteiger partial charge in [-0.05, 0) is 31.3 Å². The van der Waals surface area contributed by atoms with Gasteiger partial charge in [0.05, 0.1) is 27.2 Å². The number of likely N-dealkylation sites (N-methyl/N-ethyl adjacent to an activating group) is 1. The maximum Gasteiger partial charge on any atom is 0.262 e. The summed E-state index contributed by atoms with van der Waals surface area (Å²) in [6, 6.07) is 7.34. The van der Waals surface area contributed by atoms with Gasteiger partial charge in [-0.25, -0.2) is 4.98 Å². The van der Waals surface area contributed by atoms with E-state index < -0.39 is 0 Å². The summed E-state index contributed by atoms with van der Waals surface area (Å²) in [6.07, 6.45) is 0. The van der Waals surface area contributed by atoms with Gasteiger partial charge >= 0.3 is 0 Å². The van der Waals surface area contributed by atoms with Gasteiger partial charge in [-0.2, -0.15) is 0 Å². The number of benzene rings is 1. The lowest BCUT2D eigenvalue weighted by Gasteiger charge is -2.24. The standard InChI is InChI=1S/C19H21Cl2N3O2S2.ClH/c1-4-23(5-2)8-9-24(18(25)13-11-16(20)28-17(13)21)19-22-14-10-12(26-3)6-7-15(14)27-19;/h6-7,10-11H,4-5,8-9H2,1-3H3;1H. The highest BCUT2D eigenvalue weighted by molar-refractivity contribution is 7.22. The fourth-order valence-electron chi connectivity index (χ4n) is 2.83. The molecule has 0 aliphatic rings. The van der Waals surface area contributed by atoms with Gasteiger partial charge in [-0.3, -0.25) is 9.69 Å². The van der Waals surface area contributed by atoms with Gasteiger partial charge in [0, 0.05) is 19.2 Å². The van der Waals surface area contributed by atoms with Crippen molar-refractivity contribution < 1.29 is 9.53 Å². The Balaban J connectivity index is 0.00000300. The van der Waals surface area contributed by atoms with E-state index in [-0.39, 0.29) is 18.3 Å². The third kappa shape index (κ3) is 5.54. The molecule has 3 rings (SSSR count). The zero-order valence-electron chi connectivity index (χ0n) is 16.3. The summed E-state index contributed by atoms with van der Waals surface area (Å²) >= 11 is 15.0. The second kappa shape index (κ2) is 10.8. The number of methoxy groups -OCH3 is 1. The number of hydrogen-bond donors (Lipinski definition) is 0. The SMILES string of the molecule is CCN(CC)CCN(C(=O)c1cc(Cl)sc1Cl)c1nc2cc(OC)ccc2s1.Cl. The predicted molar refractivity (Wildman–Crippen MR) is 127 cm³/mol. The van der Waals surface area contributed by atoms with E-state index in [1.165, 1.54) is 22.7 Å². The molecule has 1 amide bonds. The Kier molecular flexibility index (Phi) is 9.00. The van der Waals surface area contributed by atoms with Crippen molar-refractivity contribution in [2.75, 3.05) is 38.2 Å². The Labute approximate surface area is 194 Å². The smallest absolute Gasteiger partial charge is 0.262 e. The number of rotatable bonds is 8. The third-order valence-electron chi connectivity index (χ3n) is 4.48. The van der Waals surface area contributed by atoms with Gasteiger partial charge in [0.1, 0.15) is 10.1 Å². The predicted octanol–water partition coefficient (Wildman–Crippen LogP) is 6.08. The van der Waals surface area contributed by atoms with Gasteiger partial charge in [0.2, 0.25) is 0 Å². The van der Waals surface area contributed by atoms with Crippen LogP contribution in [0, 0.1) is 0 Å². The Morgan fingerprint density at radius 1 is 1.14 bits per heavy atom. The quantitative estimate of drug-likeness (QED) is 0.380. The molecule has 3 aromatic rings. The number of thiazole rings is 1. The molecule has 0 radical (unpaired) electrons.